The Kier molecular flexibility index (Phi) is 8.52. The van der Waals surface area contributed by atoms with E-state index in [0.717, 1.165) is 23.7 Å². The molecule has 7 heteroatoms. The van der Waals surface area contributed by atoms with Crippen LogP contribution in [-0.4, -0.2) is 49.7 Å². The van der Waals surface area contributed by atoms with Gasteiger partial charge in [-0.3, -0.25) is 4.79 Å². The van der Waals surface area contributed by atoms with E-state index in [1.807, 2.05) is 44.1 Å². The molecule has 2 N–H and O–H groups in total. The van der Waals surface area contributed by atoms with Crippen LogP contribution in [-0.2, 0) is 0 Å². The molecule has 0 aliphatic carbocycles. The number of aryl methyl sites for hydroxylation is 1. The van der Waals surface area contributed by atoms with Gasteiger partial charge in [0.1, 0.15) is 11.6 Å². The number of benzene rings is 1. The van der Waals surface area contributed by atoms with Gasteiger partial charge >= 0.3 is 0 Å². The quantitative estimate of drug-likeness (QED) is 0.578. The highest BCUT2D eigenvalue weighted by molar-refractivity contribution is 5.94. The SMILES string of the molecule is CCCCCOc1ccc(C(=O)NCCNc2nc(C)cc(N(C)C)n2)cc1. The first-order chi connectivity index (χ1) is 13.5. The molecule has 0 unspecified atom stereocenters. The van der Waals surface area contributed by atoms with Gasteiger partial charge in [0.25, 0.3) is 5.91 Å². The van der Waals surface area contributed by atoms with E-state index in [1.54, 1.807) is 12.1 Å². The number of carbonyl (C=O) groups excluding carboxylic acids is 1. The number of amides is 1. The average molecular weight is 386 g/mol. The van der Waals surface area contributed by atoms with E-state index in [1.165, 1.54) is 12.8 Å². The van der Waals surface area contributed by atoms with Crippen LogP contribution >= 0.6 is 0 Å². The summed E-state index contributed by atoms with van der Waals surface area (Å²) in [6.45, 7) is 5.82. The lowest BCUT2D eigenvalue weighted by molar-refractivity contribution is 0.0955. The summed E-state index contributed by atoms with van der Waals surface area (Å²) in [5, 5.41) is 6.04. The van der Waals surface area contributed by atoms with Crippen LogP contribution in [0.5, 0.6) is 5.75 Å². The Morgan fingerprint density at radius 2 is 1.86 bits per heavy atom. The summed E-state index contributed by atoms with van der Waals surface area (Å²) in [4.78, 5) is 23.0. The van der Waals surface area contributed by atoms with E-state index < -0.39 is 0 Å². The van der Waals surface area contributed by atoms with Gasteiger partial charge in [-0.15, -0.1) is 0 Å². The second-order valence-electron chi connectivity index (χ2n) is 6.85. The third kappa shape index (κ3) is 7.06. The molecule has 0 saturated heterocycles. The van der Waals surface area contributed by atoms with Crippen molar-refractivity contribution in [1.82, 2.24) is 15.3 Å². The molecule has 0 radical (unpaired) electrons. The van der Waals surface area contributed by atoms with Gasteiger partial charge in [0.05, 0.1) is 6.61 Å². The van der Waals surface area contributed by atoms with Crippen molar-refractivity contribution < 1.29 is 9.53 Å². The summed E-state index contributed by atoms with van der Waals surface area (Å²) in [5.41, 5.74) is 1.50. The molecule has 0 aliphatic heterocycles. The molecule has 2 aromatic rings. The summed E-state index contributed by atoms with van der Waals surface area (Å²) in [6.07, 6.45) is 3.38. The summed E-state index contributed by atoms with van der Waals surface area (Å²) >= 11 is 0. The highest BCUT2D eigenvalue weighted by atomic mass is 16.5. The molecule has 0 bridgehead atoms. The van der Waals surface area contributed by atoms with Crippen LogP contribution in [0.15, 0.2) is 30.3 Å². The smallest absolute Gasteiger partial charge is 0.251 e. The number of aromatic nitrogens is 2. The van der Waals surface area contributed by atoms with Gasteiger partial charge in [-0.2, -0.15) is 4.98 Å². The number of hydrogen-bond acceptors (Lipinski definition) is 6. The third-order valence-corrected chi connectivity index (χ3v) is 4.13. The van der Waals surface area contributed by atoms with Gasteiger partial charge < -0.3 is 20.3 Å². The number of anilines is 2. The second-order valence-corrected chi connectivity index (χ2v) is 6.85. The highest BCUT2D eigenvalue weighted by Gasteiger charge is 2.06. The molecule has 1 heterocycles. The maximum Gasteiger partial charge on any atom is 0.251 e. The van der Waals surface area contributed by atoms with Crippen molar-refractivity contribution in [3.63, 3.8) is 0 Å². The lowest BCUT2D eigenvalue weighted by atomic mass is 10.2. The minimum Gasteiger partial charge on any atom is -0.494 e. The largest absolute Gasteiger partial charge is 0.494 e. The molecular formula is C21H31N5O2. The monoisotopic (exact) mass is 385 g/mol. The van der Waals surface area contributed by atoms with Crippen LogP contribution in [0.4, 0.5) is 11.8 Å². The molecule has 0 aliphatic rings. The van der Waals surface area contributed by atoms with Crippen molar-refractivity contribution in [3.05, 3.63) is 41.6 Å². The lowest BCUT2D eigenvalue weighted by Crippen LogP contribution is -2.29. The zero-order valence-corrected chi connectivity index (χ0v) is 17.3. The van der Waals surface area contributed by atoms with Gasteiger partial charge in [0.2, 0.25) is 5.95 Å². The van der Waals surface area contributed by atoms with E-state index in [4.69, 9.17) is 4.74 Å². The van der Waals surface area contributed by atoms with Gasteiger partial charge in [-0.1, -0.05) is 19.8 Å². The predicted octanol–water partition coefficient (Wildman–Crippen LogP) is 3.26. The fraction of sp³-hybridized carbons (Fsp3) is 0.476. The Morgan fingerprint density at radius 3 is 2.54 bits per heavy atom. The van der Waals surface area contributed by atoms with Crippen LogP contribution in [0.3, 0.4) is 0 Å². The Balaban J connectivity index is 1.75. The zero-order valence-electron chi connectivity index (χ0n) is 17.3. The summed E-state index contributed by atoms with van der Waals surface area (Å²) in [5.74, 6) is 2.08. The van der Waals surface area contributed by atoms with E-state index >= 15 is 0 Å². The Hall–Kier alpha value is -2.83. The van der Waals surface area contributed by atoms with Crippen LogP contribution < -0.4 is 20.3 Å². The third-order valence-electron chi connectivity index (χ3n) is 4.13. The van der Waals surface area contributed by atoms with Gasteiger partial charge in [-0.25, -0.2) is 4.98 Å². The second kappa shape index (κ2) is 11.1. The summed E-state index contributed by atoms with van der Waals surface area (Å²) in [7, 11) is 3.88. The normalized spacial score (nSPS) is 10.4. The minimum absolute atomic E-state index is 0.113. The number of unbranched alkanes of at least 4 members (excludes halogenated alkanes) is 2. The number of hydrogen-bond donors (Lipinski definition) is 2. The molecule has 0 atom stereocenters. The molecule has 0 spiro atoms. The topological polar surface area (TPSA) is 79.4 Å². The summed E-state index contributed by atoms with van der Waals surface area (Å²) < 4.78 is 5.67. The van der Waals surface area contributed by atoms with E-state index in [2.05, 4.69) is 27.5 Å². The van der Waals surface area contributed by atoms with Crippen molar-refractivity contribution in [2.75, 3.05) is 44.0 Å². The Morgan fingerprint density at radius 1 is 1.11 bits per heavy atom. The number of rotatable bonds is 11. The Labute approximate surface area is 167 Å². The summed E-state index contributed by atoms with van der Waals surface area (Å²) in [6, 6.07) is 9.16. The maximum atomic E-state index is 12.2. The highest BCUT2D eigenvalue weighted by Crippen LogP contribution is 2.13. The fourth-order valence-electron chi connectivity index (χ4n) is 2.56. The van der Waals surface area contributed by atoms with Crippen LogP contribution in [0, 0.1) is 6.92 Å². The first kappa shape index (κ1) is 21.5. The van der Waals surface area contributed by atoms with Gasteiger partial charge in [0, 0.05) is 44.5 Å². The lowest BCUT2D eigenvalue weighted by Gasteiger charge is -2.14. The number of ether oxygens (including phenoxy) is 1. The number of carbonyl (C=O) groups is 1. The Bertz CT molecular complexity index is 747. The fourth-order valence-corrected chi connectivity index (χ4v) is 2.56. The maximum absolute atomic E-state index is 12.2. The minimum atomic E-state index is -0.113. The molecule has 1 amide bonds. The molecule has 0 fully saturated rings. The van der Waals surface area contributed by atoms with E-state index in [-0.39, 0.29) is 5.91 Å². The molecule has 1 aromatic carbocycles. The number of nitrogens with zero attached hydrogens (tertiary/aromatic N) is 3. The molecule has 28 heavy (non-hydrogen) atoms. The van der Waals surface area contributed by atoms with Gasteiger partial charge in [0.15, 0.2) is 0 Å². The van der Waals surface area contributed by atoms with E-state index in [0.29, 0.717) is 31.2 Å². The van der Waals surface area contributed by atoms with Crippen LogP contribution in [0.2, 0.25) is 0 Å². The first-order valence-electron chi connectivity index (χ1n) is 9.77. The van der Waals surface area contributed by atoms with Crippen LogP contribution in [0.1, 0.15) is 42.2 Å². The molecule has 2 rings (SSSR count). The van der Waals surface area contributed by atoms with Crippen molar-refractivity contribution in [2.24, 2.45) is 0 Å². The van der Waals surface area contributed by atoms with Crippen LogP contribution in [0.25, 0.3) is 0 Å². The van der Waals surface area contributed by atoms with Crippen molar-refractivity contribution in [2.45, 2.75) is 33.1 Å². The molecule has 7 nitrogen and oxygen atoms in total. The predicted molar refractivity (Wildman–Crippen MR) is 113 cm³/mol. The molecular weight excluding hydrogens is 354 g/mol. The zero-order chi connectivity index (χ0) is 20.4. The van der Waals surface area contributed by atoms with Crippen molar-refractivity contribution in [3.8, 4) is 5.75 Å². The average Bonchev–Trinajstić information content (AvgIpc) is 2.68. The molecule has 1 aromatic heterocycles. The van der Waals surface area contributed by atoms with E-state index in [9.17, 15) is 4.79 Å². The standard InChI is InChI=1S/C21H31N5O2/c1-5-6-7-14-28-18-10-8-17(9-11-18)20(27)22-12-13-23-21-24-16(2)15-19(25-21)26(3)4/h8-11,15H,5-7,12-14H2,1-4H3,(H,22,27)(H,23,24,25). The first-order valence-corrected chi connectivity index (χ1v) is 9.77. The molecule has 0 saturated carbocycles. The number of nitrogens with one attached hydrogen (secondary N) is 2. The molecule has 152 valence electrons. The van der Waals surface area contributed by atoms with Crippen molar-refractivity contribution in [1.29, 1.82) is 0 Å². The van der Waals surface area contributed by atoms with Gasteiger partial charge in [-0.05, 0) is 37.6 Å². The van der Waals surface area contributed by atoms with Crippen molar-refractivity contribution >= 4 is 17.7 Å².